The molecule has 4 aromatic carbocycles. The van der Waals surface area contributed by atoms with Crippen LogP contribution in [0, 0.1) is 0 Å². The highest BCUT2D eigenvalue weighted by Gasteiger charge is 2.28. The molecule has 2 aromatic heterocycles. The SMILES string of the molecule is CC(C)(Br)C(=O)OCCCCN(CCCCOC(=O)C(C)(C)Br)c1ccc(N=Nc2ccc(/C=C/c3ccnc(-c4cc(/C=C/c5ccc(N=Nc6ccc(N(CCCCOC(=O)C(C)(C)Br)CCCCOC(=O)C(C)(C)Br)cc6)cc5)ccn4)c3)cc2)cc1. The zero-order valence-electron chi connectivity index (χ0n) is 52.7. The molecule has 478 valence electrons. The lowest BCUT2D eigenvalue weighted by molar-refractivity contribution is -0.146. The molecule has 0 N–H and O–H groups in total. The summed E-state index contributed by atoms with van der Waals surface area (Å²) in [5.41, 5.74) is 10.5. The summed E-state index contributed by atoms with van der Waals surface area (Å²) in [5.74, 6) is -1.13. The minimum atomic E-state index is -0.719. The molecule has 0 aliphatic carbocycles. The first-order valence-electron chi connectivity index (χ1n) is 30.3. The van der Waals surface area contributed by atoms with Crippen LogP contribution in [0.15, 0.2) is 154 Å². The van der Waals surface area contributed by atoms with Crippen LogP contribution in [0.2, 0.25) is 0 Å². The van der Waals surface area contributed by atoms with Crippen LogP contribution in [-0.2, 0) is 38.1 Å². The number of ether oxygens (including phenoxy) is 4. The summed E-state index contributed by atoms with van der Waals surface area (Å²) in [7, 11) is 0. The second-order valence-corrected chi connectivity index (χ2v) is 31.4. The topological polar surface area (TPSA) is 187 Å². The fraction of sp³-hybridized carbons (Fsp3) is 0.400. The number of hydrogen-bond donors (Lipinski definition) is 0. The van der Waals surface area contributed by atoms with Gasteiger partial charge in [0.15, 0.2) is 0 Å². The third-order valence-electron chi connectivity index (χ3n) is 13.7. The van der Waals surface area contributed by atoms with E-state index in [-0.39, 0.29) is 23.9 Å². The Morgan fingerprint density at radius 3 is 0.867 bits per heavy atom. The molecule has 0 radical (unpaired) electrons. The van der Waals surface area contributed by atoms with Crippen molar-refractivity contribution in [2.24, 2.45) is 20.5 Å². The predicted octanol–water partition coefficient (Wildman–Crippen LogP) is 18.9. The monoisotopic (exact) mass is 1480 g/mol. The predicted molar refractivity (Wildman–Crippen MR) is 377 cm³/mol. The van der Waals surface area contributed by atoms with Gasteiger partial charge in [-0.25, -0.2) is 0 Å². The summed E-state index contributed by atoms with van der Waals surface area (Å²) < 4.78 is 18.9. The fourth-order valence-corrected chi connectivity index (χ4v) is 8.92. The van der Waals surface area contributed by atoms with Gasteiger partial charge in [-0.05, 0) is 226 Å². The lowest BCUT2D eigenvalue weighted by Gasteiger charge is -2.25. The zero-order chi connectivity index (χ0) is 65.2. The van der Waals surface area contributed by atoms with Crippen LogP contribution < -0.4 is 9.80 Å². The number of halogens is 4. The Kier molecular flexibility index (Phi) is 28.7. The number of rotatable bonds is 35. The maximum Gasteiger partial charge on any atom is 0.322 e. The quantitative estimate of drug-likeness (QED) is 0.0121. The zero-order valence-corrected chi connectivity index (χ0v) is 59.0. The number of benzene rings is 4. The Bertz CT molecular complexity index is 3070. The number of pyridine rings is 2. The molecule has 0 bridgehead atoms. The molecular formula is C70H82Br4N8O8. The second-order valence-electron chi connectivity index (χ2n) is 23.5. The standard InChI is InChI=1S/C70H82Br4N8O8/c1-67(2,71)63(83)87-45-13-9-41-81(42-10-14-46-88-64(84)68(3,4)72)59-33-29-57(30-34-59)79-77-55-25-21-51(22-26-55)17-19-53-37-39-75-61(49-53)62-50-54(38-40-76-62)20-18-52-23-27-56(28-24-52)78-80-58-31-35-60(36-32-58)82(43-11-15-47-89-65(85)69(5,6)73)44-12-16-48-90-66(86)70(7,8)74/h17-40,49-50H,9-16,41-48H2,1-8H3/b19-17+,20-18+,79-77?,80-78?. The lowest BCUT2D eigenvalue weighted by Crippen LogP contribution is -2.28. The van der Waals surface area contributed by atoms with Crippen LogP contribution >= 0.6 is 63.7 Å². The van der Waals surface area contributed by atoms with Crippen molar-refractivity contribution < 1.29 is 38.1 Å². The largest absolute Gasteiger partial charge is 0.465 e. The van der Waals surface area contributed by atoms with Crippen molar-refractivity contribution in [3.63, 3.8) is 0 Å². The van der Waals surface area contributed by atoms with E-state index >= 15 is 0 Å². The van der Waals surface area contributed by atoms with Crippen LogP contribution in [0.4, 0.5) is 34.1 Å². The Morgan fingerprint density at radius 2 is 0.611 bits per heavy atom. The van der Waals surface area contributed by atoms with Crippen molar-refractivity contribution in [3.8, 4) is 11.4 Å². The van der Waals surface area contributed by atoms with E-state index in [4.69, 9.17) is 18.9 Å². The number of carbonyl (C=O) groups is 4. The third kappa shape index (κ3) is 26.2. The molecule has 0 atom stereocenters. The summed E-state index contributed by atoms with van der Waals surface area (Å²) in [6, 6.07) is 39.7. The Labute approximate surface area is 564 Å². The number of carbonyl (C=O) groups excluding carboxylic acids is 4. The van der Waals surface area contributed by atoms with Gasteiger partial charge < -0.3 is 28.7 Å². The number of hydrogen-bond acceptors (Lipinski definition) is 16. The van der Waals surface area contributed by atoms with Crippen molar-refractivity contribution in [2.45, 2.75) is 124 Å². The van der Waals surface area contributed by atoms with Crippen molar-refractivity contribution in [3.05, 3.63) is 156 Å². The number of nitrogens with zero attached hydrogens (tertiary/aromatic N) is 8. The first-order valence-corrected chi connectivity index (χ1v) is 33.4. The minimum absolute atomic E-state index is 0.282. The number of esters is 4. The number of anilines is 2. The van der Waals surface area contributed by atoms with Gasteiger partial charge in [0, 0.05) is 49.9 Å². The summed E-state index contributed by atoms with van der Waals surface area (Å²) in [5, 5.41) is 18.0. The highest BCUT2D eigenvalue weighted by Crippen LogP contribution is 2.28. The van der Waals surface area contributed by atoms with E-state index < -0.39 is 17.3 Å². The molecule has 0 unspecified atom stereocenters. The maximum atomic E-state index is 12.2. The van der Waals surface area contributed by atoms with Crippen LogP contribution in [0.25, 0.3) is 35.7 Å². The highest BCUT2D eigenvalue weighted by atomic mass is 79.9. The van der Waals surface area contributed by atoms with E-state index in [0.29, 0.717) is 26.4 Å². The van der Waals surface area contributed by atoms with Crippen LogP contribution in [0.5, 0.6) is 0 Å². The Balaban J connectivity index is 0.987. The van der Waals surface area contributed by atoms with Gasteiger partial charge in [-0.2, -0.15) is 20.5 Å². The summed E-state index contributed by atoms with van der Waals surface area (Å²) in [6.45, 7) is 18.6. The third-order valence-corrected chi connectivity index (χ3v) is 15.0. The van der Waals surface area contributed by atoms with Crippen LogP contribution in [0.1, 0.15) is 129 Å². The number of aromatic nitrogens is 2. The van der Waals surface area contributed by atoms with E-state index in [1.165, 1.54) is 0 Å². The molecule has 6 rings (SSSR count). The van der Waals surface area contributed by atoms with Crippen molar-refractivity contribution in [1.29, 1.82) is 0 Å². The highest BCUT2D eigenvalue weighted by molar-refractivity contribution is 9.10. The summed E-state index contributed by atoms with van der Waals surface area (Å²) in [4.78, 5) is 62.7. The molecule has 0 spiro atoms. The normalized spacial score (nSPS) is 12.3. The second kappa shape index (κ2) is 35.8. The van der Waals surface area contributed by atoms with E-state index in [1.807, 2.05) is 146 Å². The first-order chi connectivity index (χ1) is 42.8. The molecule has 0 amide bonds. The molecule has 0 fully saturated rings. The van der Waals surface area contributed by atoms with Gasteiger partial charge in [0.05, 0.1) is 60.6 Å². The molecule has 0 aliphatic heterocycles. The van der Waals surface area contributed by atoms with Gasteiger partial charge in [0.25, 0.3) is 0 Å². The smallest absolute Gasteiger partial charge is 0.322 e. The summed E-state index contributed by atoms with van der Waals surface area (Å²) >= 11 is 13.4. The lowest BCUT2D eigenvalue weighted by atomic mass is 10.1. The van der Waals surface area contributed by atoms with Crippen molar-refractivity contribution >= 4 is 146 Å². The average Bonchev–Trinajstić information content (AvgIpc) is 2.22. The molecule has 2 heterocycles. The molecule has 0 saturated carbocycles. The van der Waals surface area contributed by atoms with Crippen molar-refractivity contribution in [2.75, 3.05) is 62.4 Å². The van der Waals surface area contributed by atoms with Gasteiger partial charge in [-0.3, -0.25) is 29.1 Å². The Hall–Kier alpha value is -6.74. The van der Waals surface area contributed by atoms with Gasteiger partial charge in [-0.15, -0.1) is 0 Å². The first kappa shape index (κ1) is 72.3. The molecule has 16 nitrogen and oxygen atoms in total. The van der Waals surface area contributed by atoms with E-state index in [2.05, 4.69) is 104 Å². The van der Waals surface area contributed by atoms with Crippen molar-refractivity contribution in [1.82, 2.24) is 9.97 Å². The number of alkyl halides is 4. The van der Waals surface area contributed by atoms with Crippen LogP contribution in [0.3, 0.4) is 0 Å². The van der Waals surface area contributed by atoms with Gasteiger partial charge >= 0.3 is 23.9 Å². The fourth-order valence-electron chi connectivity index (χ4n) is 8.47. The average molecular weight is 1480 g/mol. The van der Waals surface area contributed by atoms with E-state index in [0.717, 1.165) is 145 Å². The van der Waals surface area contributed by atoms with Gasteiger partial charge in [-0.1, -0.05) is 112 Å². The van der Waals surface area contributed by atoms with E-state index in [9.17, 15) is 19.2 Å². The molecule has 0 aliphatic rings. The minimum Gasteiger partial charge on any atom is -0.465 e. The van der Waals surface area contributed by atoms with E-state index in [1.54, 1.807) is 67.8 Å². The van der Waals surface area contributed by atoms with Gasteiger partial charge in [0.2, 0.25) is 0 Å². The van der Waals surface area contributed by atoms with Crippen LogP contribution in [-0.4, -0.2) is 104 Å². The molecule has 6 aromatic rings. The number of unbranched alkanes of at least 4 members (excludes halogenated alkanes) is 4. The molecular weight excluding hydrogens is 1400 g/mol. The summed E-state index contributed by atoms with van der Waals surface area (Å²) in [6.07, 6.45) is 18.0. The molecule has 20 heteroatoms. The Morgan fingerprint density at radius 1 is 0.367 bits per heavy atom. The van der Waals surface area contributed by atoms with Gasteiger partial charge in [0.1, 0.15) is 17.3 Å². The molecule has 90 heavy (non-hydrogen) atoms. The number of azo groups is 2. The molecule has 0 saturated heterocycles. The maximum absolute atomic E-state index is 12.2.